The van der Waals surface area contributed by atoms with Crippen molar-refractivity contribution in [3.63, 3.8) is 0 Å². The normalized spacial score (nSPS) is 11.7. The van der Waals surface area contributed by atoms with Crippen molar-refractivity contribution in [3.8, 4) is 5.75 Å². The highest BCUT2D eigenvalue weighted by Crippen LogP contribution is 2.37. The van der Waals surface area contributed by atoms with E-state index < -0.39 is 18.3 Å². The van der Waals surface area contributed by atoms with Crippen molar-refractivity contribution in [3.05, 3.63) is 41.5 Å². The van der Waals surface area contributed by atoms with Crippen molar-refractivity contribution in [2.45, 2.75) is 32.9 Å². The molecule has 0 saturated heterocycles. The molecule has 0 spiro atoms. The van der Waals surface area contributed by atoms with Gasteiger partial charge in [0.25, 0.3) is 0 Å². The van der Waals surface area contributed by atoms with E-state index in [4.69, 9.17) is 9.84 Å². The van der Waals surface area contributed by atoms with Gasteiger partial charge in [0.15, 0.2) is 5.82 Å². The molecule has 21 heavy (non-hydrogen) atoms. The van der Waals surface area contributed by atoms with Gasteiger partial charge in [-0.25, -0.2) is 9.67 Å². The van der Waals surface area contributed by atoms with E-state index in [0.717, 1.165) is 6.07 Å². The van der Waals surface area contributed by atoms with Crippen LogP contribution in [-0.2, 0) is 25.9 Å². The molecule has 0 fully saturated rings. The number of benzene rings is 1. The van der Waals surface area contributed by atoms with Crippen LogP contribution in [0, 0.1) is 0 Å². The first kappa shape index (κ1) is 15.3. The van der Waals surface area contributed by atoms with Crippen LogP contribution in [0.15, 0.2) is 24.5 Å². The summed E-state index contributed by atoms with van der Waals surface area (Å²) in [5.74, 6) is 0.141. The Balaban J connectivity index is 2.23. The number of aromatic nitrogens is 3. The summed E-state index contributed by atoms with van der Waals surface area (Å²) in [6.07, 6.45) is -3.24. The smallest absolute Gasteiger partial charge is 0.419 e. The van der Waals surface area contributed by atoms with E-state index in [-0.39, 0.29) is 17.9 Å². The van der Waals surface area contributed by atoms with Crippen LogP contribution in [0.2, 0.25) is 0 Å². The van der Waals surface area contributed by atoms with Gasteiger partial charge in [0, 0.05) is 6.54 Å². The van der Waals surface area contributed by atoms with Gasteiger partial charge in [-0.2, -0.15) is 18.3 Å². The lowest BCUT2D eigenvalue weighted by Gasteiger charge is -2.15. The Morgan fingerprint density at radius 2 is 2.10 bits per heavy atom. The summed E-state index contributed by atoms with van der Waals surface area (Å²) in [6, 6.07) is 3.45. The summed E-state index contributed by atoms with van der Waals surface area (Å²) >= 11 is 0. The first-order valence-electron chi connectivity index (χ1n) is 6.26. The Morgan fingerprint density at radius 1 is 1.33 bits per heavy atom. The van der Waals surface area contributed by atoms with Gasteiger partial charge in [-0.05, 0) is 24.6 Å². The first-order chi connectivity index (χ1) is 9.95. The quantitative estimate of drug-likeness (QED) is 0.921. The van der Waals surface area contributed by atoms with Crippen molar-refractivity contribution >= 4 is 0 Å². The lowest BCUT2D eigenvalue weighted by molar-refractivity contribution is -0.139. The number of aryl methyl sites for hydroxylation is 1. The van der Waals surface area contributed by atoms with Gasteiger partial charge in [0.2, 0.25) is 0 Å². The molecule has 0 aliphatic carbocycles. The maximum Gasteiger partial charge on any atom is 0.419 e. The maximum absolute atomic E-state index is 13.0. The zero-order valence-electron chi connectivity index (χ0n) is 11.3. The molecule has 0 atom stereocenters. The summed E-state index contributed by atoms with van der Waals surface area (Å²) < 4.78 is 45.7. The molecular formula is C13H14F3N3O2. The molecule has 0 amide bonds. The van der Waals surface area contributed by atoms with E-state index in [9.17, 15) is 13.2 Å². The topological polar surface area (TPSA) is 60.2 Å². The second-order valence-electron chi connectivity index (χ2n) is 4.27. The fourth-order valence-electron chi connectivity index (χ4n) is 1.83. The second-order valence-corrected chi connectivity index (χ2v) is 4.27. The minimum Gasteiger partial charge on any atom is -0.485 e. The number of aliphatic hydroxyl groups is 1. The Bertz CT molecular complexity index is 611. The van der Waals surface area contributed by atoms with Crippen LogP contribution in [0.25, 0.3) is 0 Å². The standard InChI is InChI=1S/C13H14F3N3O2/c1-2-19-12(17-8-18-19)7-21-11-4-3-9(6-20)5-10(11)13(14,15)16/h3-5,8,20H,2,6-7H2,1H3. The van der Waals surface area contributed by atoms with E-state index in [1.165, 1.54) is 23.1 Å². The third kappa shape index (κ3) is 3.52. The molecule has 0 bridgehead atoms. The predicted octanol–water partition coefficient (Wildman–Crippen LogP) is 2.39. The summed E-state index contributed by atoms with van der Waals surface area (Å²) in [5.41, 5.74) is -0.747. The summed E-state index contributed by atoms with van der Waals surface area (Å²) in [6.45, 7) is 1.81. The largest absolute Gasteiger partial charge is 0.485 e. The van der Waals surface area contributed by atoms with Crippen LogP contribution in [0.4, 0.5) is 13.2 Å². The molecule has 1 heterocycles. The highest BCUT2D eigenvalue weighted by molar-refractivity contribution is 5.39. The average Bonchev–Trinajstić information content (AvgIpc) is 2.91. The molecule has 0 saturated carbocycles. The lowest BCUT2D eigenvalue weighted by Crippen LogP contribution is -2.12. The van der Waals surface area contributed by atoms with Gasteiger partial charge in [-0.3, -0.25) is 0 Å². The molecule has 5 nitrogen and oxygen atoms in total. The van der Waals surface area contributed by atoms with Crippen LogP contribution in [0.1, 0.15) is 23.9 Å². The number of ether oxygens (including phenoxy) is 1. The molecule has 2 aromatic rings. The number of aliphatic hydroxyl groups excluding tert-OH is 1. The number of rotatable bonds is 5. The van der Waals surface area contributed by atoms with Crippen LogP contribution >= 0.6 is 0 Å². The van der Waals surface area contributed by atoms with E-state index >= 15 is 0 Å². The second kappa shape index (κ2) is 6.13. The third-order valence-corrected chi connectivity index (χ3v) is 2.88. The summed E-state index contributed by atoms with van der Waals surface area (Å²) in [5, 5.41) is 12.9. The molecule has 1 aromatic heterocycles. The zero-order chi connectivity index (χ0) is 15.5. The fourth-order valence-corrected chi connectivity index (χ4v) is 1.83. The van der Waals surface area contributed by atoms with E-state index in [1.54, 1.807) is 0 Å². The molecule has 1 N–H and O–H groups in total. The Morgan fingerprint density at radius 3 is 2.71 bits per heavy atom. The van der Waals surface area contributed by atoms with Gasteiger partial charge >= 0.3 is 6.18 Å². The van der Waals surface area contributed by atoms with Crippen molar-refractivity contribution < 1.29 is 23.0 Å². The van der Waals surface area contributed by atoms with Crippen LogP contribution in [0.3, 0.4) is 0 Å². The Kier molecular flexibility index (Phi) is 4.46. The lowest BCUT2D eigenvalue weighted by atomic mass is 10.1. The Hall–Kier alpha value is -2.09. The molecule has 8 heteroatoms. The number of halogens is 3. The van der Waals surface area contributed by atoms with Crippen molar-refractivity contribution in [1.29, 1.82) is 0 Å². The zero-order valence-corrected chi connectivity index (χ0v) is 11.3. The molecule has 0 unspecified atom stereocenters. The molecule has 2 rings (SSSR count). The highest BCUT2D eigenvalue weighted by atomic mass is 19.4. The van der Waals surface area contributed by atoms with Gasteiger partial charge < -0.3 is 9.84 Å². The van der Waals surface area contributed by atoms with Crippen molar-refractivity contribution in [1.82, 2.24) is 14.8 Å². The number of hydrogen-bond acceptors (Lipinski definition) is 4. The van der Waals surface area contributed by atoms with E-state index in [1.807, 2.05) is 6.92 Å². The molecule has 0 aliphatic rings. The predicted molar refractivity (Wildman–Crippen MR) is 67.4 cm³/mol. The average molecular weight is 301 g/mol. The van der Waals surface area contributed by atoms with E-state index in [2.05, 4.69) is 10.1 Å². The number of hydrogen-bond donors (Lipinski definition) is 1. The minimum atomic E-state index is -4.56. The molecule has 0 radical (unpaired) electrons. The molecule has 114 valence electrons. The molecule has 1 aromatic carbocycles. The highest BCUT2D eigenvalue weighted by Gasteiger charge is 2.34. The van der Waals surface area contributed by atoms with Gasteiger partial charge in [-0.1, -0.05) is 6.07 Å². The van der Waals surface area contributed by atoms with Crippen molar-refractivity contribution in [2.24, 2.45) is 0 Å². The number of alkyl halides is 3. The first-order valence-corrected chi connectivity index (χ1v) is 6.26. The van der Waals surface area contributed by atoms with E-state index in [0.29, 0.717) is 12.4 Å². The van der Waals surface area contributed by atoms with Gasteiger partial charge in [0.05, 0.1) is 12.2 Å². The minimum absolute atomic E-state index is 0.116. The Labute approximate surface area is 119 Å². The fraction of sp³-hybridized carbons (Fsp3) is 0.385. The summed E-state index contributed by atoms with van der Waals surface area (Å²) in [4.78, 5) is 3.93. The van der Waals surface area contributed by atoms with Crippen molar-refractivity contribution in [2.75, 3.05) is 0 Å². The monoisotopic (exact) mass is 301 g/mol. The van der Waals surface area contributed by atoms with Gasteiger partial charge in [0.1, 0.15) is 18.7 Å². The van der Waals surface area contributed by atoms with Gasteiger partial charge in [-0.15, -0.1) is 0 Å². The third-order valence-electron chi connectivity index (χ3n) is 2.88. The van der Waals surface area contributed by atoms with Crippen LogP contribution in [-0.4, -0.2) is 19.9 Å². The number of nitrogens with zero attached hydrogens (tertiary/aromatic N) is 3. The summed E-state index contributed by atoms with van der Waals surface area (Å²) in [7, 11) is 0. The van der Waals surface area contributed by atoms with Crippen LogP contribution < -0.4 is 4.74 Å². The maximum atomic E-state index is 13.0. The SMILES string of the molecule is CCn1ncnc1COc1ccc(CO)cc1C(F)(F)F. The molecule has 0 aliphatic heterocycles. The molecular weight excluding hydrogens is 287 g/mol. The van der Waals surface area contributed by atoms with Crippen LogP contribution in [0.5, 0.6) is 5.75 Å².